The van der Waals surface area contributed by atoms with Gasteiger partial charge in [-0.2, -0.15) is 0 Å². The Morgan fingerprint density at radius 2 is 0.776 bits per heavy atom. The van der Waals surface area contributed by atoms with E-state index in [1.54, 1.807) is 6.08 Å². The summed E-state index contributed by atoms with van der Waals surface area (Å²) in [4.78, 5) is 24.4. The third kappa shape index (κ3) is 53.0. The number of hydrogen-bond acceptors (Lipinski definition) is 5. The van der Waals surface area contributed by atoms with Crippen molar-refractivity contribution in [2.45, 2.75) is 315 Å². The van der Waals surface area contributed by atoms with Crippen LogP contribution >= 0.6 is 0 Å². The number of rotatable bonds is 54. The first kappa shape index (κ1) is 64.8. The molecule has 2 unspecified atom stereocenters. The van der Waals surface area contributed by atoms with Crippen LogP contribution in [0.4, 0.5) is 0 Å². The predicted molar refractivity (Wildman–Crippen MR) is 292 cm³/mol. The van der Waals surface area contributed by atoms with E-state index in [2.05, 4.69) is 55.6 Å². The van der Waals surface area contributed by atoms with Crippen molar-refractivity contribution in [3.05, 3.63) is 48.6 Å². The number of aliphatic hydroxyl groups is 2. The Morgan fingerprint density at radius 3 is 1.21 bits per heavy atom. The molecule has 0 heterocycles. The Bertz CT molecular complexity index is 1130. The fourth-order valence-corrected chi connectivity index (χ4v) is 8.78. The SMILES string of the molecule is CCC/C=C\C/C=C\CCCCCCCC(=O)OCCCCCCCCCCCCCC/C=C\CCCCCCCCCCCCCCC(=O)NC(CO)C(O)/C=C/CCCCCCCCC. The Balaban J connectivity index is 3.37. The molecule has 6 heteroatoms. The number of carbonyl (C=O) groups excluding carboxylic acids is 2. The zero-order valence-corrected chi connectivity index (χ0v) is 44.6. The van der Waals surface area contributed by atoms with E-state index in [0.717, 1.165) is 51.4 Å². The van der Waals surface area contributed by atoms with E-state index in [0.29, 0.717) is 19.4 Å². The molecule has 3 N–H and O–H groups in total. The first-order chi connectivity index (χ1) is 33.0. The van der Waals surface area contributed by atoms with E-state index in [4.69, 9.17) is 4.74 Å². The van der Waals surface area contributed by atoms with E-state index in [9.17, 15) is 19.8 Å². The van der Waals surface area contributed by atoms with Crippen LogP contribution < -0.4 is 5.32 Å². The molecule has 0 aromatic heterocycles. The van der Waals surface area contributed by atoms with Crippen molar-refractivity contribution < 1.29 is 24.5 Å². The molecule has 0 spiro atoms. The molecule has 0 fully saturated rings. The molecular formula is C61H113NO5. The first-order valence-corrected chi connectivity index (χ1v) is 29.4. The molecule has 0 aliphatic rings. The molecule has 0 radical (unpaired) electrons. The van der Waals surface area contributed by atoms with Crippen LogP contribution in [0.15, 0.2) is 48.6 Å². The number of amides is 1. The topological polar surface area (TPSA) is 95.9 Å². The third-order valence-electron chi connectivity index (χ3n) is 13.3. The van der Waals surface area contributed by atoms with Crippen molar-refractivity contribution in [1.82, 2.24) is 5.32 Å². The summed E-state index contributed by atoms with van der Waals surface area (Å²) in [7, 11) is 0. The van der Waals surface area contributed by atoms with Gasteiger partial charge in [0.1, 0.15) is 0 Å². The molecule has 0 bridgehead atoms. The van der Waals surface area contributed by atoms with Crippen LogP contribution in [-0.2, 0) is 14.3 Å². The van der Waals surface area contributed by atoms with Crippen LogP contribution in [-0.4, -0.2) is 47.4 Å². The molecule has 2 atom stereocenters. The largest absolute Gasteiger partial charge is 0.466 e. The molecule has 0 saturated carbocycles. The second-order valence-electron chi connectivity index (χ2n) is 20.0. The Morgan fingerprint density at radius 1 is 0.418 bits per heavy atom. The fraction of sp³-hybridized carbons (Fsp3) is 0.836. The molecule has 6 nitrogen and oxygen atoms in total. The number of ether oxygens (including phenoxy) is 1. The molecule has 0 aliphatic carbocycles. The average Bonchev–Trinajstić information content (AvgIpc) is 3.33. The van der Waals surface area contributed by atoms with Crippen LogP contribution in [0.5, 0.6) is 0 Å². The molecule has 1 amide bonds. The van der Waals surface area contributed by atoms with Crippen molar-refractivity contribution >= 4 is 11.9 Å². The van der Waals surface area contributed by atoms with Gasteiger partial charge in [0.25, 0.3) is 0 Å². The molecule has 392 valence electrons. The summed E-state index contributed by atoms with van der Waals surface area (Å²) in [6.45, 7) is 4.81. The quantitative estimate of drug-likeness (QED) is 0.0321. The lowest BCUT2D eigenvalue weighted by molar-refractivity contribution is -0.143. The zero-order valence-electron chi connectivity index (χ0n) is 44.6. The van der Waals surface area contributed by atoms with Crippen LogP contribution in [0, 0.1) is 0 Å². The Hall–Kier alpha value is -2.18. The van der Waals surface area contributed by atoms with Gasteiger partial charge in [0, 0.05) is 12.8 Å². The van der Waals surface area contributed by atoms with E-state index in [1.165, 1.54) is 225 Å². The Kier molecular flexibility index (Phi) is 54.6. The van der Waals surface area contributed by atoms with Gasteiger partial charge in [-0.25, -0.2) is 0 Å². The summed E-state index contributed by atoms with van der Waals surface area (Å²) in [5.41, 5.74) is 0. The minimum Gasteiger partial charge on any atom is -0.466 e. The van der Waals surface area contributed by atoms with Crippen LogP contribution in [0.1, 0.15) is 303 Å². The molecule has 0 aliphatic heterocycles. The highest BCUT2D eigenvalue weighted by Gasteiger charge is 2.18. The summed E-state index contributed by atoms with van der Waals surface area (Å²) >= 11 is 0. The Labute approximate surface area is 416 Å². The lowest BCUT2D eigenvalue weighted by atomic mass is 10.0. The molecular weight excluding hydrogens is 827 g/mol. The number of unbranched alkanes of at least 4 members (excludes halogenated alkanes) is 37. The van der Waals surface area contributed by atoms with Gasteiger partial charge in [0.05, 0.1) is 25.4 Å². The van der Waals surface area contributed by atoms with Crippen molar-refractivity contribution in [2.24, 2.45) is 0 Å². The average molecular weight is 941 g/mol. The van der Waals surface area contributed by atoms with Gasteiger partial charge in [0.15, 0.2) is 0 Å². The van der Waals surface area contributed by atoms with Crippen LogP contribution in [0.2, 0.25) is 0 Å². The van der Waals surface area contributed by atoms with Crippen molar-refractivity contribution in [3.63, 3.8) is 0 Å². The molecule has 0 aromatic rings. The van der Waals surface area contributed by atoms with Crippen molar-refractivity contribution in [1.29, 1.82) is 0 Å². The standard InChI is InChI=1S/C61H113NO5/c1-3-5-7-9-11-13-14-31-35-39-43-47-51-55-61(66)67-56-52-48-44-40-36-33-30-28-26-24-22-20-18-16-15-17-19-21-23-25-27-29-32-34-38-42-46-50-54-60(65)62-58(57-63)59(64)53-49-45-41-37-12-10-8-6-4-2/h7,9,13-16,49,53,58-59,63-64H,3-6,8,10-12,17-48,50-52,54-57H2,1-2H3,(H,62,65)/b9-7-,14-13-,16-15-,53-49+. The van der Waals surface area contributed by atoms with Crippen LogP contribution in [0.3, 0.4) is 0 Å². The number of hydrogen-bond donors (Lipinski definition) is 3. The van der Waals surface area contributed by atoms with Gasteiger partial charge in [-0.1, -0.05) is 255 Å². The highest BCUT2D eigenvalue weighted by Crippen LogP contribution is 2.16. The van der Waals surface area contributed by atoms with Gasteiger partial charge in [-0.3, -0.25) is 9.59 Å². The minimum atomic E-state index is -0.842. The normalized spacial score (nSPS) is 13.0. The maximum absolute atomic E-state index is 12.4. The lowest BCUT2D eigenvalue weighted by Gasteiger charge is -2.20. The second-order valence-corrected chi connectivity index (χ2v) is 20.0. The smallest absolute Gasteiger partial charge is 0.305 e. The van der Waals surface area contributed by atoms with Gasteiger partial charge in [-0.05, 0) is 83.5 Å². The number of aliphatic hydroxyl groups excluding tert-OH is 2. The molecule has 0 rings (SSSR count). The summed E-state index contributed by atoms with van der Waals surface area (Å²) in [5, 5.41) is 22.9. The number of nitrogens with one attached hydrogen (secondary N) is 1. The number of esters is 1. The summed E-state index contributed by atoms with van der Waals surface area (Å²) < 4.78 is 5.46. The lowest BCUT2D eigenvalue weighted by Crippen LogP contribution is -2.45. The third-order valence-corrected chi connectivity index (χ3v) is 13.3. The van der Waals surface area contributed by atoms with E-state index < -0.39 is 12.1 Å². The molecule has 67 heavy (non-hydrogen) atoms. The summed E-state index contributed by atoms with van der Waals surface area (Å²) in [6, 6.07) is -0.626. The van der Waals surface area contributed by atoms with Gasteiger partial charge >= 0.3 is 5.97 Å². The predicted octanol–water partition coefficient (Wildman–Crippen LogP) is 18.2. The highest BCUT2D eigenvalue weighted by molar-refractivity contribution is 5.76. The monoisotopic (exact) mass is 940 g/mol. The minimum absolute atomic E-state index is 0.000632. The van der Waals surface area contributed by atoms with Gasteiger partial charge < -0.3 is 20.3 Å². The summed E-state index contributed by atoms with van der Waals surface area (Å²) in [5.74, 6) is -0.0716. The van der Waals surface area contributed by atoms with E-state index in [-0.39, 0.29) is 18.5 Å². The van der Waals surface area contributed by atoms with Crippen molar-refractivity contribution in [3.8, 4) is 0 Å². The van der Waals surface area contributed by atoms with Gasteiger partial charge in [-0.15, -0.1) is 0 Å². The fourth-order valence-electron chi connectivity index (χ4n) is 8.78. The van der Waals surface area contributed by atoms with Crippen LogP contribution in [0.25, 0.3) is 0 Å². The van der Waals surface area contributed by atoms with E-state index in [1.807, 2.05) is 6.08 Å². The second kappa shape index (κ2) is 56.4. The van der Waals surface area contributed by atoms with Crippen molar-refractivity contribution in [2.75, 3.05) is 13.2 Å². The molecule has 0 saturated heterocycles. The van der Waals surface area contributed by atoms with Gasteiger partial charge in [0.2, 0.25) is 5.91 Å². The highest BCUT2D eigenvalue weighted by atomic mass is 16.5. The number of carbonyl (C=O) groups is 2. The zero-order chi connectivity index (χ0) is 48.6. The molecule has 0 aromatic carbocycles. The maximum atomic E-state index is 12.4. The van der Waals surface area contributed by atoms with E-state index >= 15 is 0 Å². The summed E-state index contributed by atoms with van der Waals surface area (Å²) in [6.07, 6.45) is 71.6. The first-order valence-electron chi connectivity index (χ1n) is 29.4. The maximum Gasteiger partial charge on any atom is 0.305 e. The number of allylic oxidation sites excluding steroid dienone is 7.